The van der Waals surface area contributed by atoms with Gasteiger partial charge < -0.3 is 9.67 Å². The quantitative estimate of drug-likeness (QED) is 0.687. The van der Waals surface area contributed by atoms with Crippen molar-refractivity contribution in [3.63, 3.8) is 0 Å². The van der Waals surface area contributed by atoms with Crippen LogP contribution < -0.4 is 0 Å². The smallest absolute Gasteiger partial charge is 0.294 e. The van der Waals surface area contributed by atoms with E-state index in [1.165, 1.54) is 29.2 Å². The summed E-state index contributed by atoms with van der Waals surface area (Å²) in [5, 5.41) is 29.0. The van der Waals surface area contributed by atoms with Gasteiger partial charge in [0.15, 0.2) is 5.16 Å². The summed E-state index contributed by atoms with van der Waals surface area (Å²) in [7, 11) is 1.80. The second kappa shape index (κ2) is 5.27. The SMILES string of the molecule is Cc1nnc(Sc2sc([C@@H](C)O)cc2[N+](=O)[O-])n1C. The third kappa shape index (κ3) is 2.77. The molecule has 7 nitrogen and oxygen atoms in total. The fourth-order valence-electron chi connectivity index (χ4n) is 1.35. The van der Waals surface area contributed by atoms with Gasteiger partial charge in [0.25, 0.3) is 5.69 Å². The number of aromatic nitrogens is 3. The molecule has 1 N–H and O–H groups in total. The van der Waals surface area contributed by atoms with Gasteiger partial charge in [-0.3, -0.25) is 10.1 Å². The van der Waals surface area contributed by atoms with E-state index in [1.54, 1.807) is 25.5 Å². The van der Waals surface area contributed by atoms with Crippen LogP contribution in [0, 0.1) is 17.0 Å². The zero-order chi connectivity index (χ0) is 14.2. The van der Waals surface area contributed by atoms with Crippen LogP contribution in [-0.4, -0.2) is 24.8 Å². The molecule has 0 aromatic carbocycles. The number of hydrogen-bond donors (Lipinski definition) is 1. The molecule has 2 aromatic rings. The van der Waals surface area contributed by atoms with Crippen molar-refractivity contribution in [2.75, 3.05) is 0 Å². The lowest BCUT2D eigenvalue weighted by molar-refractivity contribution is -0.387. The van der Waals surface area contributed by atoms with E-state index in [1.807, 2.05) is 0 Å². The van der Waals surface area contributed by atoms with E-state index in [0.29, 0.717) is 14.2 Å². The minimum atomic E-state index is -0.723. The summed E-state index contributed by atoms with van der Waals surface area (Å²) in [6.45, 7) is 3.39. The summed E-state index contributed by atoms with van der Waals surface area (Å²) >= 11 is 2.38. The van der Waals surface area contributed by atoms with E-state index in [0.717, 1.165) is 5.82 Å². The van der Waals surface area contributed by atoms with Crippen LogP contribution in [0.2, 0.25) is 0 Å². The molecule has 0 unspecified atom stereocenters. The number of aliphatic hydroxyl groups is 1. The number of rotatable bonds is 4. The Hall–Kier alpha value is -1.45. The van der Waals surface area contributed by atoms with Gasteiger partial charge in [0.1, 0.15) is 10.0 Å². The molecule has 2 heterocycles. The molecule has 0 fully saturated rings. The Bertz CT molecular complexity index is 620. The summed E-state index contributed by atoms with van der Waals surface area (Å²) in [4.78, 5) is 11.1. The van der Waals surface area contributed by atoms with Gasteiger partial charge in [-0.15, -0.1) is 21.5 Å². The van der Waals surface area contributed by atoms with Crippen molar-refractivity contribution >= 4 is 28.8 Å². The standard InChI is InChI=1S/C10H12N4O3S2/c1-5(15)8-4-7(14(16)17)9(18-8)19-10-12-11-6(2)13(10)3/h4-5,15H,1-3H3/t5-/m1/s1. The average Bonchev–Trinajstić information content (AvgIpc) is 2.88. The van der Waals surface area contributed by atoms with E-state index >= 15 is 0 Å². The molecule has 0 aliphatic carbocycles. The number of hydrogen-bond acceptors (Lipinski definition) is 7. The van der Waals surface area contributed by atoms with E-state index in [9.17, 15) is 15.2 Å². The maximum absolute atomic E-state index is 11.0. The third-order valence-corrected chi connectivity index (χ3v) is 5.07. The van der Waals surface area contributed by atoms with Crippen molar-refractivity contribution in [1.82, 2.24) is 14.8 Å². The molecule has 0 saturated heterocycles. The normalized spacial score (nSPS) is 12.6. The third-order valence-electron chi connectivity index (χ3n) is 2.54. The molecule has 9 heteroatoms. The molecule has 1 atom stereocenters. The molecule has 0 spiro atoms. The maximum Gasteiger partial charge on any atom is 0.294 e. The molecular formula is C10H12N4O3S2. The summed E-state index contributed by atoms with van der Waals surface area (Å²) in [6, 6.07) is 1.40. The number of nitro groups is 1. The number of aliphatic hydroxyl groups excluding tert-OH is 1. The largest absolute Gasteiger partial charge is 0.388 e. The van der Waals surface area contributed by atoms with E-state index in [-0.39, 0.29) is 5.69 Å². The van der Waals surface area contributed by atoms with Gasteiger partial charge in [0, 0.05) is 18.0 Å². The van der Waals surface area contributed by atoms with Crippen LogP contribution in [-0.2, 0) is 7.05 Å². The number of aryl methyl sites for hydroxylation is 1. The highest BCUT2D eigenvalue weighted by Gasteiger charge is 2.23. The van der Waals surface area contributed by atoms with Crippen molar-refractivity contribution in [3.05, 3.63) is 26.9 Å². The lowest BCUT2D eigenvalue weighted by Gasteiger charge is -1.99. The molecule has 2 rings (SSSR count). The predicted octanol–water partition coefficient (Wildman–Crippen LogP) is 2.30. The second-order valence-electron chi connectivity index (χ2n) is 3.95. The average molecular weight is 300 g/mol. The molecule has 0 aliphatic rings. The van der Waals surface area contributed by atoms with Crippen molar-refractivity contribution in [2.45, 2.75) is 29.3 Å². The van der Waals surface area contributed by atoms with Gasteiger partial charge in [-0.25, -0.2) is 0 Å². The van der Waals surface area contributed by atoms with Crippen molar-refractivity contribution in [1.29, 1.82) is 0 Å². The molecule has 0 saturated carbocycles. The van der Waals surface area contributed by atoms with Gasteiger partial charge in [-0.1, -0.05) is 0 Å². The molecule has 0 radical (unpaired) electrons. The topological polar surface area (TPSA) is 94.1 Å². The van der Waals surface area contributed by atoms with Crippen LogP contribution in [0.15, 0.2) is 15.4 Å². The van der Waals surface area contributed by atoms with Crippen LogP contribution in [0.1, 0.15) is 23.7 Å². The highest BCUT2D eigenvalue weighted by Crippen LogP contribution is 2.42. The highest BCUT2D eigenvalue weighted by atomic mass is 32.2. The molecule has 102 valence electrons. The summed E-state index contributed by atoms with van der Waals surface area (Å²) in [5.41, 5.74) is -0.00782. The lowest BCUT2D eigenvalue weighted by Crippen LogP contribution is -1.93. The van der Waals surface area contributed by atoms with Gasteiger partial charge in [0.2, 0.25) is 0 Å². The monoisotopic (exact) mass is 300 g/mol. The predicted molar refractivity (Wildman–Crippen MR) is 71.5 cm³/mol. The van der Waals surface area contributed by atoms with Crippen LogP contribution in [0.3, 0.4) is 0 Å². The van der Waals surface area contributed by atoms with Crippen LogP contribution in [0.25, 0.3) is 0 Å². The van der Waals surface area contributed by atoms with Crippen molar-refractivity contribution in [3.8, 4) is 0 Å². The number of thiophene rings is 1. The summed E-state index contributed by atoms with van der Waals surface area (Å²) < 4.78 is 2.26. The van der Waals surface area contributed by atoms with Gasteiger partial charge >= 0.3 is 0 Å². The Morgan fingerprint density at radius 3 is 2.74 bits per heavy atom. The highest BCUT2D eigenvalue weighted by molar-refractivity contribution is 8.01. The van der Waals surface area contributed by atoms with E-state index in [2.05, 4.69) is 10.2 Å². The van der Waals surface area contributed by atoms with E-state index < -0.39 is 11.0 Å². The molecule has 19 heavy (non-hydrogen) atoms. The van der Waals surface area contributed by atoms with Gasteiger partial charge in [-0.2, -0.15) is 0 Å². The van der Waals surface area contributed by atoms with Crippen LogP contribution >= 0.6 is 23.1 Å². The molecular weight excluding hydrogens is 288 g/mol. The molecule has 0 aliphatic heterocycles. The molecule has 2 aromatic heterocycles. The Kier molecular flexibility index (Phi) is 3.88. The Morgan fingerprint density at radius 2 is 2.26 bits per heavy atom. The fourth-order valence-corrected chi connectivity index (χ4v) is 3.57. The Morgan fingerprint density at radius 1 is 1.58 bits per heavy atom. The van der Waals surface area contributed by atoms with Crippen molar-refractivity contribution in [2.24, 2.45) is 7.05 Å². The zero-order valence-corrected chi connectivity index (χ0v) is 12.2. The maximum atomic E-state index is 11.0. The fraction of sp³-hybridized carbons (Fsp3) is 0.400. The second-order valence-corrected chi connectivity index (χ2v) is 6.27. The summed E-state index contributed by atoms with van der Waals surface area (Å²) in [5.74, 6) is 0.734. The Labute approximate surface area is 117 Å². The van der Waals surface area contributed by atoms with Crippen LogP contribution in [0.5, 0.6) is 0 Å². The molecule has 0 amide bonds. The summed E-state index contributed by atoms with van der Waals surface area (Å²) in [6.07, 6.45) is -0.723. The number of nitrogens with zero attached hydrogens (tertiary/aromatic N) is 4. The first-order valence-corrected chi connectivity index (χ1v) is 7.03. The first-order valence-electron chi connectivity index (χ1n) is 5.40. The first-order chi connectivity index (χ1) is 8.90. The molecule has 0 bridgehead atoms. The lowest BCUT2D eigenvalue weighted by atomic mass is 10.3. The van der Waals surface area contributed by atoms with Crippen molar-refractivity contribution < 1.29 is 10.0 Å². The van der Waals surface area contributed by atoms with Gasteiger partial charge in [-0.05, 0) is 25.6 Å². The minimum absolute atomic E-state index is 0.00782. The Balaban J connectivity index is 2.38. The zero-order valence-electron chi connectivity index (χ0n) is 10.5. The minimum Gasteiger partial charge on any atom is -0.388 e. The van der Waals surface area contributed by atoms with Gasteiger partial charge in [0.05, 0.1) is 11.0 Å². The van der Waals surface area contributed by atoms with Crippen LogP contribution in [0.4, 0.5) is 5.69 Å². The first kappa shape index (κ1) is 14.0. The van der Waals surface area contributed by atoms with E-state index in [4.69, 9.17) is 0 Å².